The second kappa shape index (κ2) is 6.08. The second-order valence-corrected chi connectivity index (χ2v) is 4.56. The van der Waals surface area contributed by atoms with Crippen molar-refractivity contribution >= 4 is 33.1 Å². The third kappa shape index (κ3) is 3.80. The summed E-state index contributed by atoms with van der Waals surface area (Å²) in [6.07, 6.45) is 2.14. The quantitative estimate of drug-likeness (QED) is 0.667. The number of rotatable bonds is 5. The Morgan fingerprint density at radius 3 is 2.87 bits per heavy atom. The predicted molar refractivity (Wildman–Crippen MR) is 70.4 cm³/mol. The van der Waals surface area contributed by atoms with E-state index in [0.29, 0.717) is 11.6 Å². The zero-order valence-corrected chi connectivity index (χ0v) is 11.0. The molecule has 0 aromatic heterocycles. The third-order valence-corrected chi connectivity index (χ3v) is 2.68. The highest BCUT2D eigenvalue weighted by molar-refractivity contribution is 9.10. The maximum Gasteiger partial charge on any atom is 0.129 e. The molecule has 2 N–H and O–H groups in total. The summed E-state index contributed by atoms with van der Waals surface area (Å²) in [5.74, 6) is 0.763. The van der Waals surface area contributed by atoms with Crippen molar-refractivity contribution < 1.29 is 4.74 Å². The van der Waals surface area contributed by atoms with Crippen LogP contribution >= 0.6 is 28.1 Å². The van der Waals surface area contributed by atoms with Crippen molar-refractivity contribution in [3.05, 3.63) is 28.2 Å². The number of ether oxygens (including phenoxy) is 1. The summed E-state index contributed by atoms with van der Waals surface area (Å²) in [7, 11) is 0. The Labute approximate surface area is 104 Å². The molecule has 0 saturated carbocycles. The molecule has 15 heavy (non-hydrogen) atoms. The summed E-state index contributed by atoms with van der Waals surface area (Å²) >= 11 is 8.34. The molecule has 0 aliphatic rings. The fraction of sp³-hybridized carbons (Fsp3) is 0.364. The summed E-state index contributed by atoms with van der Waals surface area (Å²) in [6.45, 7) is 2.83. The Morgan fingerprint density at radius 2 is 2.27 bits per heavy atom. The van der Waals surface area contributed by atoms with Gasteiger partial charge in [-0.15, -0.1) is 0 Å². The Morgan fingerprint density at radius 1 is 1.53 bits per heavy atom. The highest BCUT2D eigenvalue weighted by Gasteiger charge is 2.06. The molecule has 0 unspecified atom stereocenters. The van der Waals surface area contributed by atoms with Gasteiger partial charge >= 0.3 is 0 Å². The summed E-state index contributed by atoms with van der Waals surface area (Å²) < 4.78 is 6.56. The molecule has 0 bridgehead atoms. The molecule has 0 radical (unpaired) electrons. The molecule has 0 aliphatic carbocycles. The molecule has 0 spiro atoms. The van der Waals surface area contributed by atoms with Gasteiger partial charge in [0.15, 0.2) is 0 Å². The van der Waals surface area contributed by atoms with E-state index in [2.05, 4.69) is 22.9 Å². The first-order valence-corrected chi connectivity index (χ1v) is 6.07. The number of benzene rings is 1. The Hall–Kier alpha value is -0.610. The van der Waals surface area contributed by atoms with E-state index in [9.17, 15) is 0 Å². The maximum absolute atomic E-state index is 5.62. The molecule has 0 aliphatic heterocycles. The van der Waals surface area contributed by atoms with Crippen LogP contribution in [0.2, 0.25) is 0 Å². The van der Waals surface area contributed by atoms with Crippen molar-refractivity contribution in [2.45, 2.75) is 19.8 Å². The average molecular weight is 288 g/mol. The third-order valence-electron chi connectivity index (χ3n) is 1.96. The normalized spacial score (nSPS) is 10.0. The van der Waals surface area contributed by atoms with E-state index in [-0.39, 0.29) is 0 Å². The lowest BCUT2D eigenvalue weighted by Gasteiger charge is -2.10. The van der Waals surface area contributed by atoms with E-state index >= 15 is 0 Å². The van der Waals surface area contributed by atoms with E-state index < -0.39 is 0 Å². The molecular formula is C11H14BrNOS. The Bertz CT molecular complexity index is 354. The van der Waals surface area contributed by atoms with Crippen molar-refractivity contribution in [2.24, 2.45) is 5.73 Å². The largest absolute Gasteiger partial charge is 0.493 e. The molecule has 0 atom stereocenters. The van der Waals surface area contributed by atoms with Crippen molar-refractivity contribution in [1.82, 2.24) is 0 Å². The molecular weight excluding hydrogens is 274 g/mol. The summed E-state index contributed by atoms with van der Waals surface area (Å²) in [5.41, 5.74) is 6.41. The molecule has 82 valence electrons. The molecule has 0 fully saturated rings. The van der Waals surface area contributed by atoms with Crippen LogP contribution in [0.1, 0.15) is 25.3 Å². The SMILES string of the molecule is CCCCOc1ccc(Br)cc1C(N)=S. The van der Waals surface area contributed by atoms with Crippen LogP contribution in [0, 0.1) is 0 Å². The number of nitrogens with two attached hydrogens (primary N) is 1. The van der Waals surface area contributed by atoms with E-state index in [1.807, 2.05) is 18.2 Å². The fourth-order valence-corrected chi connectivity index (χ4v) is 1.67. The number of hydrogen-bond donors (Lipinski definition) is 1. The highest BCUT2D eigenvalue weighted by atomic mass is 79.9. The molecule has 1 aromatic rings. The summed E-state index contributed by atoms with van der Waals surface area (Å²) in [5, 5.41) is 0. The first-order chi connectivity index (χ1) is 7.15. The van der Waals surface area contributed by atoms with Gasteiger partial charge in [0, 0.05) is 4.47 Å². The minimum Gasteiger partial charge on any atom is -0.493 e. The molecule has 1 rings (SSSR count). The van der Waals surface area contributed by atoms with Crippen LogP contribution in [0.5, 0.6) is 5.75 Å². The van der Waals surface area contributed by atoms with Crippen LogP contribution < -0.4 is 10.5 Å². The average Bonchev–Trinajstić information content (AvgIpc) is 2.20. The lowest BCUT2D eigenvalue weighted by Crippen LogP contribution is -2.12. The van der Waals surface area contributed by atoms with Crippen LogP contribution in [0.25, 0.3) is 0 Å². The molecule has 1 aromatic carbocycles. The van der Waals surface area contributed by atoms with Gasteiger partial charge in [-0.05, 0) is 24.6 Å². The van der Waals surface area contributed by atoms with Gasteiger partial charge in [-0.1, -0.05) is 41.5 Å². The molecule has 0 amide bonds. The number of halogens is 1. The van der Waals surface area contributed by atoms with Crippen molar-refractivity contribution in [2.75, 3.05) is 6.61 Å². The fourth-order valence-electron chi connectivity index (χ4n) is 1.15. The van der Waals surface area contributed by atoms with E-state index in [4.69, 9.17) is 22.7 Å². The summed E-state index contributed by atoms with van der Waals surface area (Å²) in [6, 6.07) is 5.68. The first-order valence-electron chi connectivity index (χ1n) is 4.87. The topological polar surface area (TPSA) is 35.2 Å². The van der Waals surface area contributed by atoms with Gasteiger partial charge in [-0.25, -0.2) is 0 Å². The van der Waals surface area contributed by atoms with Gasteiger partial charge in [0.1, 0.15) is 10.7 Å². The zero-order chi connectivity index (χ0) is 11.3. The standard InChI is InChI=1S/C11H14BrNOS/c1-2-3-6-14-10-5-4-8(12)7-9(10)11(13)15/h4-5,7H,2-3,6H2,1H3,(H2,13,15). The molecule has 0 heterocycles. The van der Waals surface area contributed by atoms with E-state index in [1.54, 1.807) is 0 Å². The van der Waals surface area contributed by atoms with Crippen molar-refractivity contribution in [1.29, 1.82) is 0 Å². The second-order valence-electron chi connectivity index (χ2n) is 3.21. The molecule has 4 heteroatoms. The van der Waals surface area contributed by atoms with E-state index in [1.165, 1.54) is 0 Å². The zero-order valence-electron chi connectivity index (χ0n) is 8.63. The van der Waals surface area contributed by atoms with Crippen LogP contribution in [-0.4, -0.2) is 11.6 Å². The van der Waals surface area contributed by atoms with Crippen LogP contribution in [0.4, 0.5) is 0 Å². The van der Waals surface area contributed by atoms with Gasteiger partial charge in [0.25, 0.3) is 0 Å². The predicted octanol–water partition coefficient (Wildman–Crippen LogP) is 3.26. The van der Waals surface area contributed by atoms with Crippen LogP contribution in [0.3, 0.4) is 0 Å². The maximum atomic E-state index is 5.62. The summed E-state index contributed by atoms with van der Waals surface area (Å²) in [4.78, 5) is 0.364. The van der Waals surface area contributed by atoms with Crippen LogP contribution in [-0.2, 0) is 0 Å². The minimum atomic E-state index is 0.364. The first kappa shape index (κ1) is 12.5. The highest BCUT2D eigenvalue weighted by Crippen LogP contribution is 2.23. The number of hydrogen-bond acceptors (Lipinski definition) is 2. The van der Waals surface area contributed by atoms with Gasteiger partial charge in [-0.3, -0.25) is 0 Å². The lowest BCUT2D eigenvalue weighted by atomic mass is 10.2. The van der Waals surface area contributed by atoms with E-state index in [0.717, 1.165) is 28.6 Å². The van der Waals surface area contributed by atoms with Gasteiger partial charge < -0.3 is 10.5 Å². The number of unbranched alkanes of at least 4 members (excludes halogenated alkanes) is 1. The number of thiocarbonyl (C=S) groups is 1. The Kier molecular flexibility index (Phi) is 5.05. The van der Waals surface area contributed by atoms with Gasteiger partial charge in [-0.2, -0.15) is 0 Å². The molecule has 0 saturated heterocycles. The van der Waals surface area contributed by atoms with Crippen LogP contribution in [0.15, 0.2) is 22.7 Å². The smallest absolute Gasteiger partial charge is 0.129 e. The van der Waals surface area contributed by atoms with Gasteiger partial charge in [0.05, 0.1) is 12.2 Å². The van der Waals surface area contributed by atoms with Gasteiger partial charge in [0.2, 0.25) is 0 Å². The van der Waals surface area contributed by atoms with Crippen molar-refractivity contribution in [3.63, 3.8) is 0 Å². The minimum absolute atomic E-state index is 0.364. The monoisotopic (exact) mass is 287 g/mol. The molecule has 2 nitrogen and oxygen atoms in total. The Balaban J connectivity index is 2.81. The van der Waals surface area contributed by atoms with Crippen molar-refractivity contribution in [3.8, 4) is 5.75 Å². The lowest BCUT2D eigenvalue weighted by molar-refractivity contribution is 0.309.